The van der Waals surface area contributed by atoms with Crippen molar-refractivity contribution in [1.82, 2.24) is 4.72 Å². The van der Waals surface area contributed by atoms with E-state index in [1.807, 2.05) is 12.1 Å². The van der Waals surface area contributed by atoms with Crippen molar-refractivity contribution in [2.24, 2.45) is 0 Å². The molecule has 0 radical (unpaired) electrons. The van der Waals surface area contributed by atoms with Crippen molar-refractivity contribution in [3.05, 3.63) is 29.8 Å². The molecular weight excluding hydrogens is 224 g/mol. The first-order valence-corrected chi connectivity index (χ1v) is 7.23. The Balaban J connectivity index is 1.94. The van der Waals surface area contributed by atoms with Crippen LogP contribution >= 0.6 is 0 Å². The van der Waals surface area contributed by atoms with Gasteiger partial charge in [0.25, 0.3) is 0 Å². The quantitative estimate of drug-likeness (QED) is 0.838. The van der Waals surface area contributed by atoms with Gasteiger partial charge in [0, 0.05) is 25.3 Å². The summed E-state index contributed by atoms with van der Waals surface area (Å²) in [4.78, 5) is 2.22. The molecule has 0 aliphatic carbocycles. The summed E-state index contributed by atoms with van der Waals surface area (Å²) in [5.74, 6) is 0. The number of benzene rings is 1. The highest BCUT2D eigenvalue weighted by molar-refractivity contribution is 7.88. The number of para-hydroxylation sites is 1. The molecule has 1 aromatic rings. The van der Waals surface area contributed by atoms with Crippen molar-refractivity contribution < 1.29 is 8.42 Å². The Morgan fingerprint density at radius 3 is 2.88 bits per heavy atom. The van der Waals surface area contributed by atoms with Gasteiger partial charge in [0.2, 0.25) is 10.0 Å². The van der Waals surface area contributed by atoms with Gasteiger partial charge in [-0.1, -0.05) is 18.2 Å². The van der Waals surface area contributed by atoms with Crippen LogP contribution in [0, 0.1) is 0 Å². The van der Waals surface area contributed by atoms with Crippen molar-refractivity contribution in [3.8, 4) is 0 Å². The first kappa shape index (κ1) is 11.4. The number of sulfonamides is 1. The van der Waals surface area contributed by atoms with Crippen LogP contribution in [0.3, 0.4) is 0 Å². The number of rotatable bonds is 4. The predicted molar refractivity (Wildman–Crippen MR) is 65.2 cm³/mol. The highest BCUT2D eigenvalue weighted by Crippen LogP contribution is 2.26. The van der Waals surface area contributed by atoms with Crippen molar-refractivity contribution in [2.45, 2.75) is 6.42 Å². The molecule has 16 heavy (non-hydrogen) atoms. The van der Waals surface area contributed by atoms with E-state index in [4.69, 9.17) is 0 Å². The molecule has 0 amide bonds. The SMILES string of the molecule is CS(=O)(=O)NCCN1CCc2ccccc21. The zero-order valence-corrected chi connectivity index (χ0v) is 10.1. The lowest BCUT2D eigenvalue weighted by atomic mass is 10.2. The van der Waals surface area contributed by atoms with E-state index in [-0.39, 0.29) is 0 Å². The number of nitrogens with one attached hydrogen (secondary N) is 1. The van der Waals surface area contributed by atoms with E-state index in [1.54, 1.807) is 0 Å². The van der Waals surface area contributed by atoms with E-state index in [0.717, 1.165) is 19.5 Å². The fraction of sp³-hybridized carbons (Fsp3) is 0.455. The van der Waals surface area contributed by atoms with Crippen LogP contribution in [0.2, 0.25) is 0 Å². The maximum atomic E-state index is 10.9. The van der Waals surface area contributed by atoms with Gasteiger partial charge in [0.15, 0.2) is 0 Å². The molecule has 0 atom stereocenters. The molecule has 0 spiro atoms. The third kappa shape index (κ3) is 2.74. The molecule has 0 fully saturated rings. The molecule has 1 aliphatic rings. The summed E-state index contributed by atoms with van der Waals surface area (Å²) in [6, 6.07) is 8.26. The second-order valence-electron chi connectivity index (χ2n) is 4.03. The van der Waals surface area contributed by atoms with E-state index in [0.29, 0.717) is 6.54 Å². The third-order valence-electron chi connectivity index (χ3n) is 2.73. The molecule has 5 heteroatoms. The van der Waals surface area contributed by atoms with Crippen molar-refractivity contribution in [3.63, 3.8) is 0 Å². The first-order chi connectivity index (χ1) is 7.56. The number of hydrogen-bond acceptors (Lipinski definition) is 3. The summed E-state index contributed by atoms with van der Waals surface area (Å²) in [5, 5.41) is 0. The number of fused-ring (bicyclic) bond motifs is 1. The summed E-state index contributed by atoms with van der Waals surface area (Å²) in [7, 11) is -3.07. The van der Waals surface area contributed by atoms with Gasteiger partial charge in [0.05, 0.1) is 6.26 Å². The van der Waals surface area contributed by atoms with Gasteiger partial charge in [-0.3, -0.25) is 0 Å². The summed E-state index contributed by atoms with van der Waals surface area (Å²) >= 11 is 0. The summed E-state index contributed by atoms with van der Waals surface area (Å²) in [5.41, 5.74) is 2.58. The largest absolute Gasteiger partial charge is 0.370 e. The molecule has 0 saturated heterocycles. The maximum Gasteiger partial charge on any atom is 0.208 e. The Labute approximate surface area is 96.3 Å². The molecule has 0 unspecified atom stereocenters. The fourth-order valence-corrected chi connectivity index (χ4v) is 2.47. The highest BCUT2D eigenvalue weighted by Gasteiger charge is 2.17. The second-order valence-corrected chi connectivity index (χ2v) is 5.87. The Morgan fingerprint density at radius 1 is 1.38 bits per heavy atom. The minimum absolute atomic E-state index is 0.465. The van der Waals surface area contributed by atoms with Gasteiger partial charge < -0.3 is 4.90 Å². The fourth-order valence-electron chi connectivity index (χ4n) is 2.00. The molecule has 4 nitrogen and oxygen atoms in total. The van der Waals surface area contributed by atoms with Crippen molar-refractivity contribution in [1.29, 1.82) is 0 Å². The van der Waals surface area contributed by atoms with E-state index in [2.05, 4.69) is 21.8 Å². The van der Waals surface area contributed by atoms with Crippen LogP contribution in [0.15, 0.2) is 24.3 Å². The van der Waals surface area contributed by atoms with E-state index in [9.17, 15) is 8.42 Å². The van der Waals surface area contributed by atoms with E-state index >= 15 is 0 Å². The van der Waals surface area contributed by atoms with Gasteiger partial charge in [0.1, 0.15) is 0 Å². The van der Waals surface area contributed by atoms with Crippen LogP contribution in [0.5, 0.6) is 0 Å². The normalized spacial score (nSPS) is 15.2. The van der Waals surface area contributed by atoms with Crippen LogP contribution in [0.4, 0.5) is 5.69 Å². The van der Waals surface area contributed by atoms with E-state index < -0.39 is 10.0 Å². The Morgan fingerprint density at radius 2 is 2.12 bits per heavy atom. The predicted octanol–water partition coefficient (Wildman–Crippen LogP) is 0.598. The number of hydrogen-bond donors (Lipinski definition) is 1. The zero-order valence-electron chi connectivity index (χ0n) is 9.31. The summed E-state index contributed by atoms with van der Waals surface area (Å²) in [6.45, 7) is 2.17. The third-order valence-corrected chi connectivity index (χ3v) is 3.46. The van der Waals surface area contributed by atoms with Gasteiger partial charge in [-0.25, -0.2) is 13.1 Å². The summed E-state index contributed by atoms with van der Waals surface area (Å²) in [6.07, 6.45) is 2.24. The molecule has 0 aromatic heterocycles. The molecule has 1 aliphatic heterocycles. The minimum atomic E-state index is -3.07. The number of anilines is 1. The van der Waals surface area contributed by atoms with Gasteiger partial charge in [-0.05, 0) is 18.1 Å². The average molecular weight is 240 g/mol. The average Bonchev–Trinajstić information content (AvgIpc) is 2.60. The molecular formula is C11H16N2O2S. The maximum absolute atomic E-state index is 10.9. The second kappa shape index (κ2) is 4.43. The Kier molecular flexibility index (Phi) is 3.16. The standard InChI is InChI=1S/C11H16N2O2S/c1-16(14,15)12-7-9-13-8-6-10-4-2-3-5-11(10)13/h2-5,12H,6-9H2,1H3. The van der Waals surface area contributed by atoms with Gasteiger partial charge >= 0.3 is 0 Å². The van der Waals surface area contributed by atoms with Crippen LogP contribution in [-0.4, -0.2) is 34.3 Å². The van der Waals surface area contributed by atoms with Crippen LogP contribution < -0.4 is 9.62 Å². The lowest BCUT2D eigenvalue weighted by Crippen LogP contribution is -2.33. The smallest absolute Gasteiger partial charge is 0.208 e. The Hall–Kier alpha value is -1.07. The minimum Gasteiger partial charge on any atom is -0.370 e. The highest BCUT2D eigenvalue weighted by atomic mass is 32.2. The van der Waals surface area contributed by atoms with Crippen molar-refractivity contribution in [2.75, 3.05) is 30.8 Å². The first-order valence-electron chi connectivity index (χ1n) is 5.34. The molecule has 0 bridgehead atoms. The lowest BCUT2D eigenvalue weighted by molar-refractivity contribution is 0.587. The zero-order chi connectivity index (χ0) is 11.6. The topological polar surface area (TPSA) is 49.4 Å². The lowest BCUT2D eigenvalue weighted by Gasteiger charge is -2.19. The molecule has 88 valence electrons. The number of nitrogens with zero attached hydrogens (tertiary/aromatic N) is 1. The van der Waals surface area contributed by atoms with Crippen LogP contribution in [0.25, 0.3) is 0 Å². The summed E-state index contributed by atoms with van der Waals surface area (Å²) < 4.78 is 24.4. The molecule has 2 rings (SSSR count). The Bertz CT molecular complexity index is 471. The van der Waals surface area contributed by atoms with Gasteiger partial charge in [-0.15, -0.1) is 0 Å². The van der Waals surface area contributed by atoms with Crippen LogP contribution in [-0.2, 0) is 16.4 Å². The van der Waals surface area contributed by atoms with Crippen molar-refractivity contribution >= 4 is 15.7 Å². The van der Waals surface area contributed by atoms with Gasteiger partial charge in [-0.2, -0.15) is 0 Å². The molecule has 1 heterocycles. The van der Waals surface area contributed by atoms with E-state index in [1.165, 1.54) is 17.5 Å². The molecule has 1 aromatic carbocycles. The monoisotopic (exact) mass is 240 g/mol. The molecule has 0 saturated carbocycles. The van der Waals surface area contributed by atoms with Crippen LogP contribution in [0.1, 0.15) is 5.56 Å². The molecule has 1 N–H and O–H groups in total.